The van der Waals surface area contributed by atoms with Gasteiger partial charge in [-0.25, -0.2) is 13.6 Å². The van der Waals surface area contributed by atoms with Crippen molar-refractivity contribution in [3.63, 3.8) is 0 Å². The summed E-state index contributed by atoms with van der Waals surface area (Å²) in [5, 5.41) is 11.3. The van der Waals surface area contributed by atoms with Gasteiger partial charge in [0.25, 0.3) is 5.92 Å². The number of carbonyl (C=O) groups excluding carboxylic acids is 1. The first-order chi connectivity index (χ1) is 7.08. The third-order valence-corrected chi connectivity index (χ3v) is 2.26. The molecular weight excluding hydrogens is 220 g/mol. The van der Waals surface area contributed by atoms with Crippen molar-refractivity contribution < 1.29 is 23.4 Å². The van der Waals surface area contributed by atoms with Gasteiger partial charge in [-0.3, -0.25) is 0 Å². The van der Waals surface area contributed by atoms with E-state index in [1.54, 1.807) is 20.8 Å². The summed E-state index contributed by atoms with van der Waals surface area (Å²) in [6, 6.07) is 0. The molecule has 1 aliphatic rings. The molecule has 1 amide bonds. The molecule has 1 rings (SSSR count). The molecule has 0 aliphatic heterocycles. The summed E-state index contributed by atoms with van der Waals surface area (Å²) in [5.74, 6) is -2.81. The topological polar surface area (TPSA) is 58.6 Å². The average molecular weight is 237 g/mol. The molecule has 0 spiro atoms. The zero-order chi connectivity index (χ0) is 12.6. The summed E-state index contributed by atoms with van der Waals surface area (Å²) >= 11 is 0. The Labute approximate surface area is 93.0 Å². The highest BCUT2D eigenvalue weighted by Gasteiger charge is 2.57. The first kappa shape index (κ1) is 13.2. The number of hydrogen-bond acceptors (Lipinski definition) is 3. The first-order valence-electron chi connectivity index (χ1n) is 5.07. The number of alkyl halides is 2. The number of aliphatic hydroxyl groups excluding tert-OH is 1. The fourth-order valence-corrected chi connectivity index (χ4v) is 1.70. The predicted molar refractivity (Wildman–Crippen MR) is 53.4 cm³/mol. The molecule has 0 aromatic rings. The number of halogens is 2. The van der Waals surface area contributed by atoms with E-state index in [2.05, 4.69) is 5.32 Å². The van der Waals surface area contributed by atoms with Gasteiger partial charge in [-0.1, -0.05) is 0 Å². The van der Waals surface area contributed by atoms with Crippen LogP contribution in [-0.2, 0) is 4.74 Å². The van der Waals surface area contributed by atoms with Gasteiger partial charge in [0.2, 0.25) is 0 Å². The minimum atomic E-state index is -2.81. The molecule has 1 aliphatic carbocycles. The van der Waals surface area contributed by atoms with Gasteiger partial charge < -0.3 is 15.2 Å². The van der Waals surface area contributed by atoms with Gasteiger partial charge in [0.1, 0.15) is 5.60 Å². The molecule has 4 nitrogen and oxygen atoms in total. The Morgan fingerprint density at radius 2 is 1.94 bits per heavy atom. The molecule has 0 aromatic heterocycles. The number of aliphatic hydroxyl groups is 1. The van der Waals surface area contributed by atoms with Crippen LogP contribution in [0.3, 0.4) is 0 Å². The average Bonchev–Trinajstić information content (AvgIpc) is 1.96. The van der Waals surface area contributed by atoms with Crippen LogP contribution >= 0.6 is 0 Å². The van der Waals surface area contributed by atoms with Crippen LogP contribution in [0, 0.1) is 0 Å². The quantitative estimate of drug-likeness (QED) is 0.768. The standard InChI is InChI=1S/C10H17F2NO3/c1-8(2,3)16-7(15)13-9(6-14)4-10(11,12)5-9/h14H,4-6H2,1-3H3,(H,13,15). The number of ether oxygens (including phenoxy) is 1. The third-order valence-electron chi connectivity index (χ3n) is 2.26. The van der Waals surface area contributed by atoms with E-state index >= 15 is 0 Å². The second kappa shape index (κ2) is 3.84. The van der Waals surface area contributed by atoms with E-state index in [9.17, 15) is 13.6 Å². The summed E-state index contributed by atoms with van der Waals surface area (Å²) < 4.78 is 30.3. The van der Waals surface area contributed by atoms with Crippen LogP contribution < -0.4 is 5.32 Å². The van der Waals surface area contributed by atoms with Crippen molar-refractivity contribution in [3.05, 3.63) is 0 Å². The molecule has 1 fully saturated rings. The van der Waals surface area contributed by atoms with E-state index in [1.807, 2.05) is 0 Å². The number of nitrogens with one attached hydrogen (secondary N) is 1. The minimum absolute atomic E-state index is 0.512. The number of alkyl carbamates (subject to hydrolysis) is 1. The summed E-state index contributed by atoms with van der Waals surface area (Å²) in [7, 11) is 0. The second-order valence-corrected chi connectivity index (χ2v) is 5.27. The molecule has 1 saturated carbocycles. The van der Waals surface area contributed by atoms with Gasteiger partial charge in [0.05, 0.1) is 12.1 Å². The SMILES string of the molecule is CC(C)(C)OC(=O)NC1(CO)CC(F)(F)C1. The van der Waals surface area contributed by atoms with Crippen molar-refractivity contribution in [1.29, 1.82) is 0 Å². The number of carbonyl (C=O) groups is 1. The third kappa shape index (κ3) is 3.30. The molecule has 0 aromatic carbocycles. The van der Waals surface area contributed by atoms with Crippen LogP contribution in [-0.4, -0.2) is 34.9 Å². The van der Waals surface area contributed by atoms with E-state index in [0.29, 0.717) is 0 Å². The van der Waals surface area contributed by atoms with E-state index in [4.69, 9.17) is 9.84 Å². The van der Waals surface area contributed by atoms with E-state index in [-0.39, 0.29) is 0 Å². The van der Waals surface area contributed by atoms with Gasteiger partial charge in [0, 0.05) is 12.8 Å². The van der Waals surface area contributed by atoms with E-state index in [0.717, 1.165) is 0 Å². The Bertz CT molecular complexity index is 278. The lowest BCUT2D eigenvalue weighted by atomic mass is 9.74. The summed E-state index contributed by atoms with van der Waals surface area (Å²) in [6.45, 7) is 4.51. The Kier molecular flexibility index (Phi) is 3.15. The number of hydrogen-bond donors (Lipinski definition) is 2. The molecule has 0 atom stereocenters. The molecule has 6 heteroatoms. The highest BCUT2D eigenvalue weighted by molar-refractivity contribution is 5.69. The van der Waals surface area contributed by atoms with Crippen molar-refractivity contribution in [2.24, 2.45) is 0 Å². The van der Waals surface area contributed by atoms with Gasteiger partial charge >= 0.3 is 6.09 Å². The largest absolute Gasteiger partial charge is 0.444 e. The lowest BCUT2D eigenvalue weighted by Gasteiger charge is -2.46. The monoisotopic (exact) mass is 237 g/mol. The van der Waals surface area contributed by atoms with E-state index < -0.39 is 42.6 Å². The van der Waals surface area contributed by atoms with Crippen molar-refractivity contribution >= 4 is 6.09 Å². The van der Waals surface area contributed by atoms with Crippen molar-refractivity contribution in [2.75, 3.05) is 6.61 Å². The summed E-state index contributed by atoms with van der Waals surface area (Å²) in [4.78, 5) is 11.3. The fourth-order valence-electron chi connectivity index (χ4n) is 1.70. The number of rotatable bonds is 2. The van der Waals surface area contributed by atoms with Crippen molar-refractivity contribution in [3.8, 4) is 0 Å². The second-order valence-electron chi connectivity index (χ2n) is 5.27. The van der Waals surface area contributed by atoms with Gasteiger partial charge in [-0.15, -0.1) is 0 Å². The first-order valence-corrected chi connectivity index (χ1v) is 5.07. The fraction of sp³-hybridized carbons (Fsp3) is 0.900. The smallest absolute Gasteiger partial charge is 0.408 e. The zero-order valence-corrected chi connectivity index (χ0v) is 9.64. The summed E-state index contributed by atoms with van der Waals surface area (Å²) in [5.41, 5.74) is -1.92. The normalized spacial score (nSPS) is 22.1. The maximum Gasteiger partial charge on any atom is 0.408 e. The van der Waals surface area contributed by atoms with Gasteiger partial charge in [0.15, 0.2) is 0 Å². The highest BCUT2D eigenvalue weighted by Crippen LogP contribution is 2.45. The maximum atomic E-state index is 12.7. The summed E-state index contributed by atoms with van der Waals surface area (Å²) in [6.07, 6.45) is -1.87. The molecule has 0 unspecified atom stereocenters. The van der Waals surface area contributed by atoms with Crippen LogP contribution in [0.5, 0.6) is 0 Å². The molecule has 0 radical (unpaired) electrons. The predicted octanol–water partition coefficient (Wildman–Crippen LogP) is 1.67. The Morgan fingerprint density at radius 1 is 1.44 bits per heavy atom. The molecular formula is C10H17F2NO3. The molecule has 16 heavy (non-hydrogen) atoms. The van der Waals surface area contributed by atoms with Crippen LogP contribution in [0.2, 0.25) is 0 Å². The minimum Gasteiger partial charge on any atom is -0.444 e. The lowest BCUT2D eigenvalue weighted by Crippen LogP contribution is -2.64. The molecule has 94 valence electrons. The van der Waals surface area contributed by atoms with Crippen molar-refractivity contribution in [2.45, 2.75) is 50.7 Å². The molecule has 0 bridgehead atoms. The highest BCUT2D eigenvalue weighted by atomic mass is 19.3. The lowest BCUT2D eigenvalue weighted by molar-refractivity contribution is -0.145. The molecule has 2 N–H and O–H groups in total. The van der Waals surface area contributed by atoms with Crippen LogP contribution in [0.25, 0.3) is 0 Å². The zero-order valence-electron chi connectivity index (χ0n) is 9.64. The maximum absolute atomic E-state index is 12.7. The van der Waals surface area contributed by atoms with Crippen LogP contribution in [0.15, 0.2) is 0 Å². The Hall–Kier alpha value is -0.910. The van der Waals surface area contributed by atoms with Gasteiger partial charge in [-0.05, 0) is 20.8 Å². The van der Waals surface area contributed by atoms with Crippen molar-refractivity contribution in [1.82, 2.24) is 5.32 Å². The van der Waals surface area contributed by atoms with E-state index in [1.165, 1.54) is 0 Å². The number of amides is 1. The Morgan fingerprint density at radius 3 is 2.25 bits per heavy atom. The Balaban J connectivity index is 2.50. The molecule has 0 saturated heterocycles. The van der Waals surface area contributed by atoms with Gasteiger partial charge in [-0.2, -0.15) is 0 Å². The molecule has 0 heterocycles. The van der Waals surface area contributed by atoms with Crippen LogP contribution in [0.1, 0.15) is 33.6 Å². The van der Waals surface area contributed by atoms with Crippen LogP contribution in [0.4, 0.5) is 13.6 Å².